The van der Waals surface area contributed by atoms with E-state index >= 15 is 0 Å². The number of anilines is 2. The van der Waals surface area contributed by atoms with E-state index in [9.17, 15) is 13.2 Å². The molecular formula is C19H20N4O3S2. The van der Waals surface area contributed by atoms with Gasteiger partial charge in [-0.2, -0.15) is 0 Å². The fourth-order valence-electron chi connectivity index (χ4n) is 3.25. The highest BCUT2D eigenvalue weighted by Gasteiger charge is 2.23. The van der Waals surface area contributed by atoms with Crippen molar-refractivity contribution in [1.29, 1.82) is 0 Å². The summed E-state index contributed by atoms with van der Waals surface area (Å²) in [4.78, 5) is 21.3. The summed E-state index contributed by atoms with van der Waals surface area (Å²) in [5.74, 6) is -0.0133. The minimum absolute atomic E-state index is 0.0133. The third-order valence-corrected chi connectivity index (χ3v) is 6.22. The van der Waals surface area contributed by atoms with Crippen LogP contribution in [0.2, 0.25) is 0 Å². The number of amides is 1. The lowest BCUT2D eigenvalue weighted by Gasteiger charge is -2.36. The van der Waals surface area contributed by atoms with Crippen LogP contribution < -0.4 is 9.62 Å². The molecule has 1 saturated heterocycles. The summed E-state index contributed by atoms with van der Waals surface area (Å²) in [6.07, 6.45) is 1.09. The van der Waals surface area contributed by atoms with E-state index in [1.807, 2.05) is 23.1 Å². The average molecular weight is 417 g/mol. The van der Waals surface area contributed by atoms with Crippen molar-refractivity contribution in [3.05, 3.63) is 54.1 Å². The highest BCUT2D eigenvalue weighted by molar-refractivity contribution is 7.92. The number of fused-ring (bicyclic) bond motifs is 1. The first kappa shape index (κ1) is 18.7. The van der Waals surface area contributed by atoms with Crippen molar-refractivity contribution < 1.29 is 13.2 Å². The van der Waals surface area contributed by atoms with Crippen LogP contribution >= 0.6 is 11.3 Å². The van der Waals surface area contributed by atoms with Crippen LogP contribution in [-0.4, -0.2) is 56.6 Å². The van der Waals surface area contributed by atoms with Crippen LogP contribution in [-0.2, 0) is 10.0 Å². The minimum atomic E-state index is -3.38. The molecule has 0 aliphatic carbocycles. The summed E-state index contributed by atoms with van der Waals surface area (Å²) < 4.78 is 25.9. The molecule has 4 rings (SSSR count). The third kappa shape index (κ3) is 4.10. The zero-order valence-corrected chi connectivity index (χ0v) is 17.0. The fraction of sp³-hybridized carbons (Fsp3) is 0.263. The molecule has 28 heavy (non-hydrogen) atoms. The number of rotatable bonds is 4. The van der Waals surface area contributed by atoms with Gasteiger partial charge in [0.15, 0.2) is 5.13 Å². The number of nitrogens with one attached hydrogen (secondary N) is 1. The quantitative estimate of drug-likeness (QED) is 0.707. The van der Waals surface area contributed by atoms with Crippen molar-refractivity contribution in [3.63, 3.8) is 0 Å². The van der Waals surface area contributed by atoms with Gasteiger partial charge >= 0.3 is 0 Å². The van der Waals surface area contributed by atoms with Crippen LogP contribution in [0.5, 0.6) is 0 Å². The summed E-state index contributed by atoms with van der Waals surface area (Å²) in [6, 6.07) is 15.5. The molecule has 0 bridgehead atoms. The van der Waals surface area contributed by atoms with Crippen LogP contribution in [0.4, 0.5) is 10.8 Å². The molecule has 0 unspecified atom stereocenters. The number of carbonyl (C=O) groups is 1. The summed E-state index contributed by atoms with van der Waals surface area (Å²) in [5, 5.41) is 0.304. The molecule has 0 saturated carbocycles. The van der Waals surface area contributed by atoms with Gasteiger partial charge in [-0.05, 0) is 30.3 Å². The van der Waals surface area contributed by atoms with Crippen molar-refractivity contribution in [3.8, 4) is 0 Å². The van der Waals surface area contributed by atoms with Crippen LogP contribution in [0.1, 0.15) is 10.4 Å². The Kier molecular flexibility index (Phi) is 4.94. The van der Waals surface area contributed by atoms with Gasteiger partial charge in [-0.25, -0.2) is 13.4 Å². The Labute approximate surface area is 167 Å². The lowest BCUT2D eigenvalue weighted by atomic mass is 10.1. The van der Waals surface area contributed by atoms with E-state index in [1.54, 1.807) is 18.2 Å². The lowest BCUT2D eigenvalue weighted by Crippen LogP contribution is -2.48. The van der Waals surface area contributed by atoms with Gasteiger partial charge < -0.3 is 9.80 Å². The van der Waals surface area contributed by atoms with Gasteiger partial charge in [0, 0.05) is 37.4 Å². The highest BCUT2D eigenvalue weighted by Crippen LogP contribution is 2.28. The third-order valence-electron chi connectivity index (χ3n) is 4.60. The summed E-state index contributed by atoms with van der Waals surface area (Å²) >= 11 is 1.22. The van der Waals surface area contributed by atoms with Gasteiger partial charge in [-0.3, -0.25) is 9.52 Å². The van der Waals surface area contributed by atoms with Gasteiger partial charge in [0.25, 0.3) is 5.91 Å². The summed E-state index contributed by atoms with van der Waals surface area (Å²) in [5.41, 5.74) is 2.43. The maximum atomic E-state index is 12.9. The molecule has 1 aromatic heterocycles. The average Bonchev–Trinajstić information content (AvgIpc) is 3.07. The van der Waals surface area contributed by atoms with Gasteiger partial charge in [-0.15, -0.1) is 0 Å². The van der Waals surface area contributed by atoms with E-state index in [0.717, 1.165) is 24.0 Å². The van der Waals surface area contributed by atoms with Crippen LogP contribution in [0.3, 0.4) is 0 Å². The molecule has 146 valence electrons. The zero-order valence-electron chi connectivity index (χ0n) is 15.3. The monoisotopic (exact) mass is 416 g/mol. The number of thiazole rings is 1. The van der Waals surface area contributed by atoms with Crippen LogP contribution in [0, 0.1) is 0 Å². The first-order chi connectivity index (χ1) is 13.4. The maximum Gasteiger partial charge on any atom is 0.254 e. The molecule has 0 radical (unpaired) electrons. The number of sulfonamides is 1. The number of nitrogens with zero attached hydrogens (tertiary/aromatic N) is 3. The van der Waals surface area contributed by atoms with E-state index < -0.39 is 10.0 Å². The Hall–Kier alpha value is -2.65. The van der Waals surface area contributed by atoms with Crippen molar-refractivity contribution >= 4 is 48.3 Å². The molecular weight excluding hydrogens is 396 g/mol. The van der Waals surface area contributed by atoms with Gasteiger partial charge in [0.1, 0.15) is 0 Å². The molecule has 1 aliphatic heterocycles. The molecule has 1 N–H and O–H groups in total. The fourth-order valence-corrected chi connectivity index (χ4v) is 4.99. The van der Waals surface area contributed by atoms with Crippen molar-refractivity contribution in [1.82, 2.24) is 9.88 Å². The molecule has 1 aliphatic rings. The highest BCUT2D eigenvalue weighted by atomic mass is 32.2. The van der Waals surface area contributed by atoms with E-state index in [2.05, 4.69) is 26.7 Å². The molecule has 0 atom stereocenters. The molecule has 2 heterocycles. The van der Waals surface area contributed by atoms with Gasteiger partial charge in [0.05, 0.1) is 16.5 Å². The number of hydrogen-bond donors (Lipinski definition) is 1. The molecule has 7 nitrogen and oxygen atoms in total. The molecule has 2 aromatic carbocycles. The van der Waals surface area contributed by atoms with E-state index in [1.165, 1.54) is 17.0 Å². The van der Waals surface area contributed by atoms with Crippen molar-refractivity contribution in [2.45, 2.75) is 0 Å². The Morgan fingerprint density at radius 3 is 2.46 bits per heavy atom. The first-order valence-electron chi connectivity index (χ1n) is 8.87. The van der Waals surface area contributed by atoms with Gasteiger partial charge in [0.2, 0.25) is 10.0 Å². The second-order valence-corrected chi connectivity index (χ2v) is 9.47. The topological polar surface area (TPSA) is 82.6 Å². The van der Waals surface area contributed by atoms with Crippen LogP contribution in [0.25, 0.3) is 10.2 Å². The molecule has 3 aromatic rings. The number of piperazine rings is 1. The second-order valence-electron chi connectivity index (χ2n) is 6.69. The number of hydrogen-bond acceptors (Lipinski definition) is 6. The smallest absolute Gasteiger partial charge is 0.254 e. The van der Waals surface area contributed by atoms with Crippen molar-refractivity contribution in [2.24, 2.45) is 0 Å². The lowest BCUT2D eigenvalue weighted by molar-refractivity contribution is 0.0747. The number of para-hydroxylation sites is 1. The maximum absolute atomic E-state index is 12.9. The SMILES string of the molecule is CS(=O)(=O)Nc1nc2ccc(C(=O)N3CCN(c4ccccc4)CC3)cc2s1. The zero-order chi connectivity index (χ0) is 19.7. The Morgan fingerprint density at radius 2 is 1.79 bits per heavy atom. The Bertz CT molecular complexity index is 1100. The standard InChI is InChI=1S/C19H20N4O3S2/c1-28(25,26)21-19-20-16-8-7-14(13-17(16)27-19)18(24)23-11-9-22(10-12-23)15-5-3-2-4-6-15/h2-8,13H,9-12H2,1H3,(H,20,21). The predicted molar refractivity (Wildman–Crippen MR) is 113 cm³/mol. The first-order valence-corrected chi connectivity index (χ1v) is 11.6. The molecule has 0 spiro atoms. The van der Waals surface area contributed by atoms with E-state index in [4.69, 9.17) is 0 Å². The Balaban J connectivity index is 1.47. The molecule has 1 fully saturated rings. The number of carbonyl (C=O) groups excluding carboxylic acids is 1. The summed E-state index contributed by atoms with van der Waals surface area (Å²) in [7, 11) is -3.38. The Morgan fingerprint density at radius 1 is 1.07 bits per heavy atom. The predicted octanol–water partition coefficient (Wildman–Crippen LogP) is 2.63. The molecule has 9 heteroatoms. The normalized spacial score (nSPS) is 15.0. The van der Waals surface area contributed by atoms with E-state index in [-0.39, 0.29) is 5.91 Å². The van der Waals surface area contributed by atoms with Gasteiger partial charge in [-0.1, -0.05) is 29.5 Å². The summed E-state index contributed by atoms with van der Waals surface area (Å²) in [6.45, 7) is 2.91. The molecule has 1 amide bonds. The van der Waals surface area contributed by atoms with Crippen LogP contribution in [0.15, 0.2) is 48.5 Å². The minimum Gasteiger partial charge on any atom is -0.368 e. The largest absolute Gasteiger partial charge is 0.368 e. The van der Waals surface area contributed by atoms with Crippen molar-refractivity contribution in [2.75, 3.05) is 42.1 Å². The second kappa shape index (κ2) is 7.40. The number of aromatic nitrogens is 1. The number of benzene rings is 2. The van der Waals surface area contributed by atoms with E-state index in [0.29, 0.717) is 29.3 Å².